The highest BCUT2D eigenvalue weighted by molar-refractivity contribution is 5.80. The van der Waals surface area contributed by atoms with E-state index in [1.165, 1.54) is 0 Å². The van der Waals surface area contributed by atoms with Crippen molar-refractivity contribution in [1.29, 1.82) is 0 Å². The second-order valence-corrected chi connectivity index (χ2v) is 8.45. The van der Waals surface area contributed by atoms with Gasteiger partial charge in [-0.2, -0.15) is 0 Å². The molecule has 0 bridgehead atoms. The van der Waals surface area contributed by atoms with Crippen LogP contribution in [0.15, 0.2) is 24.4 Å². The Balaban J connectivity index is 1.55. The topological polar surface area (TPSA) is 97.9 Å². The molecule has 1 aromatic rings. The van der Waals surface area contributed by atoms with Gasteiger partial charge in [-0.1, -0.05) is 13.0 Å². The Labute approximate surface area is 190 Å². The van der Waals surface area contributed by atoms with Gasteiger partial charge in [-0.05, 0) is 37.8 Å². The van der Waals surface area contributed by atoms with E-state index in [1.807, 2.05) is 30.0 Å². The molecule has 176 valence electrons. The van der Waals surface area contributed by atoms with E-state index < -0.39 is 0 Å². The lowest BCUT2D eigenvalue weighted by Gasteiger charge is -2.37. The van der Waals surface area contributed by atoms with Crippen LogP contribution in [0.4, 0.5) is 10.6 Å². The first kappa shape index (κ1) is 23.8. The average molecular weight is 445 g/mol. The van der Waals surface area contributed by atoms with Crippen molar-refractivity contribution in [2.75, 3.05) is 57.3 Å². The first-order valence-corrected chi connectivity index (χ1v) is 11.8. The minimum absolute atomic E-state index is 0.0737. The third kappa shape index (κ3) is 6.83. The van der Waals surface area contributed by atoms with E-state index in [0.29, 0.717) is 52.1 Å². The van der Waals surface area contributed by atoms with Gasteiger partial charge in [0.2, 0.25) is 11.8 Å². The minimum Gasteiger partial charge on any atom is -0.356 e. The van der Waals surface area contributed by atoms with E-state index >= 15 is 0 Å². The second kappa shape index (κ2) is 12.3. The van der Waals surface area contributed by atoms with Gasteiger partial charge in [-0.3, -0.25) is 9.59 Å². The highest BCUT2D eigenvalue weighted by atomic mass is 16.2. The van der Waals surface area contributed by atoms with Gasteiger partial charge in [0.05, 0.1) is 0 Å². The zero-order valence-electron chi connectivity index (χ0n) is 19.1. The summed E-state index contributed by atoms with van der Waals surface area (Å²) < 4.78 is 0. The summed E-state index contributed by atoms with van der Waals surface area (Å²) in [6.45, 7) is 6.93. The number of urea groups is 1. The van der Waals surface area contributed by atoms with Gasteiger partial charge in [0.25, 0.3) is 0 Å². The van der Waals surface area contributed by atoms with Crippen LogP contribution in [0.2, 0.25) is 0 Å². The van der Waals surface area contributed by atoms with Crippen molar-refractivity contribution in [1.82, 2.24) is 25.4 Å². The second-order valence-electron chi connectivity index (χ2n) is 8.45. The number of piperazine rings is 1. The maximum absolute atomic E-state index is 13.3. The van der Waals surface area contributed by atoms with Gasteiger partial charge in [0.1, 0.15) is 5.82 Å². The smallest absolute Gasteiger partial charge is 0.317 e. The molecule has 3 heterocycles. The molecule has 2 aliphatic rings. The van der Waals surface area contributed by atoms with Crippen LogP contribution in [-0.4, -0.2) is 85.0 Å². The van der Waals surface area contributed by atoms with Gasteiger partial charge in [-0.15, -0.1) is 0 Å². The summed E-state index contributed by atoms with van der Waals surface area (Å²) in [5, 5.41) is 5.80. The van der Waals surface area contributed by atoms with Gasteiger partial charge >= 0.3 is 6.03 Å². The zero-order chi connectivity index (χ0) is 22.8. The molecule has 1 unspecified atom stereocenters. The molecule has 9 heteroatoms. The van der Waals surface area contributed by atoms with Crippen LogP contribution in [0, 0.1) is 5.92 Å². The molecule has 4 amide bonds. The largest absolute Gasteiger partial charge is 0.356 e. The number of nitrogens with zero attached hydrogens (tertiary/aromatic N) is 4. The lowest BCUT2D eigenvalue weighted by Crippen LogP contribution is -2.51. The van der Waals surface area contributed by atoms with E-state index in [-0.39, 0.29) is 30.2 Å². The van der Waals surface area contributed by atoms with E-state index in [1.54, 1.807) is 11.1 Å². The molecule has 1 aromatic heterocycles. The van der Waals surface area contributed by atoms with Gasteiger partial charge in [-0.25, -0.2) is 9.78 Å². The summed E-state index contributed by atoms with van der Waals surface area (Å²) in [4.78, 5) is 48.1. The SMILES string of the molecule is CCCNC(=O)N1CCCC(C(=O)N2CCN(c3ccccn3)CC2)CCNC(=O)CC1. The summed E-state index contributed by atoms with van der Waals surface area (Å²) in [7, 11) is 0. The predicted octanol–water partition coefficient (Wildman–Crippen LogP) is 1.46. The van der Waals surface area contributed by atoms with Crippen LogP contribution in [0.1, 0.15) is 39.0 Å². The molecule has 32 heavy (non-hydrogen) atoms. The normalized spacial score (nSPS) is 20.8. The number of carbonyl (C=O) groups excluding carboxylic acids is 3. The van der Waals surface area contributed by atoms with Crippen LogP contribution >= 0.6 is 0 Å². The van der Waals surface area contributed by atoms with Crippen molar-refractivity contribution >= 4 is 23.7 Å². The number of pyridine rings is 1. The Morgan fingerprint density at radius 1 is 1.09 bits per heavy atom. The Morgan fingerprint density at radius 3 is 2.62 bits per heavy atom. The standard InChI is InChI=1S/C23H36N6O3/c1-2-10-26-23(32)29-13-5-6-19(8-12-25-21(30)9-14-29)22(31)28-17-15-27(16-18-28)20-7-3-4-11-24-20/h3-4,7,11,19H,2,5-6,8-10,12-18H2,1H3,(H,25,30)(H,26,32). The monoisotopic (exact) mass is 444 g/mol. The number of carbonyl (C=O) groups is 3. The van der Waals surface area contributed by atoms with E-state index in [4.69, 9.17) is 0 Å². The quantitative estimate of drug-likeness (QED) is 0.733. The predicted molar refractivity (Wildman–Crippen MR) is 123 cm³/mol. The lowest BCUT2D eigenvalue weighted by atomic mass is 9.97. The maximum Gasteiger partial charge on any atom is 0.317 e. The highest BCUT2D eigenvalue weighted by Crippen LogP contribution is 2.19. The first-order valence-electron chi connectivity index (χ1n) is 11.8. The number of rotatable bonds is 4. The highest BCUT2D eigenvalue weighted by Gasteiger charge is 2.28. The molecule has 0 saturated carbocycles. The van der Waals surface area contributed by atoms with Gasteiger partial charge < -0.3 is 25.3 Å². The zero-order valence-corrected chi connectivity index (χ0v) is 19.1. The van der Waals surface area contributed by atoms with Crippen molar-refractivity contribution in [3.8, 4) is 0 Å². The number of anilines is 1. The Hall–Kier alpha value is -2.84. The fourth-order valence-electron chi connectivity index (χ4n) is 4.24. The Bertz CT molecular complexity index is 751. The molecule has 0 aromatic carbocycles. The third-order valence-electron chi connectivity index (χ3n) is 6.13. The average Bonchev–Trinajstić information content (AvgIpc) is 2.87. The molecule has 9 nitrogen and oxygen atoms in total. The van der Waals surface area contributed by atoms with Crippen LogP contribution in [-0.2, 0) is 9.59 Å². The fourth-order valence-corrected chi connectivity index (χ4v) is 4.24. The minimum atomic E-state index is -0.143. The summed E-state index contributed by atoms with van der Waals surface area (Å²) >= 11 is 0. The van der Waals surface area contributed by atoms with Crippen LogP contribution < -0.4 is 15.5 Å². The first-order chi connectivity index (χ1) is 15.6. The van der Waals surface area contributed by atoms with Crippen LogP contribution in [0.3, 0.4) is 0 Å². The number of nitrogens with one attached hydrogen (secondary N) is 2. The molecular weight excluding hydrogens is 408 g/mol. The molecule has 0 radical (unpaired) electrons. The summed E-state index contributed by atoms with van der Waals surface area (Å²) in [5.74, 6) is 0.880. The Morgan fingerprint density at radius 2 is 1.91 bits per heavy atom. The van der Waals surface area contributed by atoms with Crippen LogP contribution in [0.5, 0.6) is 0 Å². The van der Waals surface area contributed by atoms with Gasteiger partial charge in [0, 0.05) is 70.9 Å². The van der Waals surface area contributed by atoms with Crippen LogP contribution in [0.25, 0.3) is 0 Å². The number of hydrogen-bond acceptors (Lipinski definition) is 5. The molecule has 2 aliphatic heterocycles. The number of hydrogen-bond donors (Lipinski definition) is 2. The number of amides is 4. The molecular formula is C23H36N6O3. The molecule has 3 rings (SSSR count). The molecule has 0 spiro atoms. The molecule has 2 N–H and O–H groups in total. The van der Waals surface area contributed by atoms with Crippen molar-refractivity contribution in [3.05, 3.63) is 24.4 Å². The van der Waals surface area contributed by atoms with E-state index in [2.05, 4.69) is 20.5 Å². The van der Waals surface area contributed by atoms with Crippen molar-refractivity contribution in [3.63, 3.8) is 0 Å². The molecule has 1 atom stereocenters. The summed E-state index contributed by atoms with van der Waals surface area (Å²) in [6.07, 6.45) is 5.03. The molecule has 2 saturated heterocycles. The third-order valence-corrected chi connectivity index (χ3v) is 6.13. The van der Waals surface area contributed by atoms with Gasteiger partial charge in [0.15, 0.2) is 0 Å². The lowest BCUT2D eigenvalue weighted by molar-refractivity contribution is -0.136. The molecule has 0 aliphatic carbocycles. The van der Waals surface area contributed by atoms with Crippen molar-refractivity contribution < 1.29 is 14.4 Å². The van der Waals surface area contributed by atoms with Crippen molar-refractivity contribution in [2.45, 2.75) is 39.0 Å². The van der Waals surface area contributed by atoms with E-state index in [9.17, 15) is 14.4 Å². The Kier molecular flexibility index (Phi) is 9.13. The fraction of sp³-hybridized carbons (Fsp3) is 0.652. The maximum atomic E-state index is 13.3. The van der Waals surface area contributed by atoms with Crippen molar-refractivity contribution in [2.24, 2.45) is 5.92 Å². The van der Waals surface area contributed by atoms with E-state index in [0.717, 1.165) is 31.7 Å². The summed E-state index contributed by atoms with van der Waals surface area (Å²) in [6, 6.07) is 5.74. The summed E-state index contributed by atoms with van der Waals surface area (Å²) in [5.41, 5.74) is 0. The number of aromatic nitrogens is 1. The molecule has 2 fully saturated rings.